The van der Waals surface area contributed by atoms with E-state index in [2.05, 4.69) is 28.6 Å². The Morgan fingerprint density at radius 2 is 1.76 bits per heavy atom. The van der Waals surface area contributed by atoms with Crippen molar-refractivity contribution in [3.8, 4) is 17.6 Å². The minimum Gasteiger partial charge on any atom is -0.495 e. The zero-order chi connectivity index (χ0) is 31.7. The smallest absolute Gasteiger partial charge is 0.279 e. The largest absolute Gasteiger partial charge is 0.495 e. The van der Waals surface area contributed by atoms with Crippen LogP contribution in [0.3, 0.4) is 0 Å². The van der Waals surface area contributed by atoms with Crippen LogP contribution in [-0.4, -0.2) is 53.4 Å². The van der Waals surface area contributed by atoms with Crippen LogP contribution in [0, 0.1) is 11.3 Å². The summed E-state index contributed by atoms with van der Waals surface area (Å²) >= 11 is 10.1. The highest BCUT2D eigenvalue weighted by molar-refractivity contribution is 8.18. The molecule has 2 aliphatic heterocycles. The van der Waals surface area contributed by atoms with Crippen molar-refractivity contribution in [3.63, 3.8) is 0 Å². The molecule has 6 rings (SSSR count). The number of hydrogen-bond donors (Lipinski definition) is 1. The first-order valence-corrected chi connectivity index (χ1v) is 16.7. The first kappa shape index (κ1) is 30.9. The number of benzene rings is 3. The van der Waals surface area contributed by atoms with Gasteiger partial charge in [0, 0.05) is 11.3 Å². The molecule has 4 aromatic rings. The summed E-state index contributed by atoms with van der Waals surface area (Å²) in [7, 11) is 3.08. The number of carbonyl (C=O) groups excluding carboxylic acids is 2. The van der Waals surface area contributed by atoms with E-state index in [1.807, 2.05) is 60.8 Å². The van der Waals surface area contributed by atoms with Gasteiger partial charge >= 0.3 is 0 Å². The average molecular weight is 660 g/mol. The molecule has 1 N–H and O–H groups in total. The van der Waals surface area contributed by atoms with Crippen LogP contribution in [0.15, 0.2) is 66.9 Å². The van der Waals surface area contributed by atoms with Gasteiger partial charge in [0.2, 0.25) is 0 Å². The molecule has 9 nitrogen and oxygen atoms in total. The van der Waals surface area contributed by atoms with Gasteiger partial charge in [0.15, 0.2) is 0 Å². The van der Waals surface area contributed by atoms with Crippen LogP contribution in [-0.2, 0) is 10.6 Å². The van der Waals surface area contributed by atoms with Crippen LogP contribution in [0.4, 0.5) is 11.4 Å². The third kappa shape index (κ3) is 5.63. The van der Waals surface area contributed by atoms with Gasteiger partial charge in [-0.25, -0.2) is 0 Å². The van der Waals surface area contributed by atoms with Crippen LogP contribution in [0.2, 0.25) is 5.02 Å². The Hall–Kier alpha value is -4.11. The lowest BCUT2D eigenvalue weighted by Crippen LogP contribution is -2.47. The second-order valence-electron chi connectivity index (χ2n) is 10.7. The Balaban J connectivity index is 1.28. The first-order valence-electron chi connectivity index (χ1n) is 14.3. The lowest BCUT2D eigenvalue weighted by Gasteiger charge is -2.38. The molecule has 12 heteroatoms. The second kappa shape index (κ2) is 12.7. The number of amides is 2. The van der Waals surface area contributed by atoms with Crippen LogP contribution >= 0.6 is 35.1 Å². The number of aromatic nitrogens is 2. The molecule has 0 aliphatic carbocycles. The molecule has 3 heterocycles. The van der Waals surface area contributed by atoms with Crippen LogP contribution < -0.4 is 19.7 Å². The first-order chi connectivity index (χ1) is 21.8. The summed E-state index contributed by atoms with van der Waals surface area (Å²) in [5.74, 6) is 2.34. The molecule has 0 spiro atoms. The van der Waals surface area contributed by atoms with Gasteiger partial charge < -0.3 is 19.7 Å². The molecule has 2 amide bonds. The standard InChI is InChI=1S/C33H30ClN5O4S2/c1-20-19-38-30(27(18-36-38)37-31(40)21-5-12-28(42-2)22(15-21)17-35)32(41)39(20)25-9-6-23(7-10-25)33(44-13-4-14-45-33)24-8-11-26(34)29(16-24)43-3/h5-12,15-16,18,20H,4,13-14,19H2,1-3H3,(H,37,40). The fourth-order valence-electron chi connectivity index (χ4n) is 5.73. The van der Waals surface area contributed by atoms with E-state index in [9.17, 15) is 14.9 Å². The number of fused-ring (bicyclic) bond motifs is 1. The normalized spacial score (nSPS) is 17.3. The zero-order valence-electron chi connectivity index (χ0n) is 24.9. The summed E-state index contributed by atoms with van der Waals surface area (Å²) in [6, 6.07) is 20.6. The van der Waals surface area contributed by atoms with E-state index < -0.39 is 5.91 Å². The SMILES string of the molecule is COc1cc(C2(c3ccc(N4C(=O)c5c(NC(=O)c6ccc(OC)c(C#N)c6)cnn5CC4C)cc3)SCCCS2)ccc1Cl. The number of anilines is 2. The number of hydrogen-bond acceptors (Lipinski definition) is 8. The number of halogens is 1. The van der Waals surface area contributed by atoms with E-state index in [1.165, 1.54) is 19.4 Å². The maximum atomic E-state index is 14.0. The van der Waals surface area contributed by atoms with Gasteiger partial charge in [-0.1, -0.05) is 29.8 Å². The number of ether oxygens (including phenoxy) is 2. The van der Waals surface area contributed by atoms with Crippen molar-refractivity contribution >= 4 is 58.3 Å². The minimum absolute atomic E-state index is 0.174. The topological polar surface area (TPSA) is 109 Å². The van der Waals surface area contributed by atoms with E-state index in [1.54, 1.807) is 28.8 Å². The molecule has 1 fully saturated rings. The van der Waals surface area contributed by atoms with Gasteiger partial charge in [0.05, 0.1) is 49.3 Å². The predicted octanol–water partition coefficient (Wildman–Crippen LogP) is 6.80. The fourth-order valence-corrected chi connectivity index (χ4v) is 9.28. The Morgan fingerprint density at radius 3 is 2.44 bits per heavy atom. The van der Waals surface area contributed by atoms with Crippen molar-refractivity contribution in [2.24, 2.45) is 0 Å². The molecule has 0 saturated carbocycles. The summed E-state index contributed by atoms with van der Waals surface area (Å²) in [6.45, 7) is 2.43. The molecule has 0 bridgehead atoms. The number of carbonyl (C=O) groups is 2. The summed E-state index contributed by atoms with van der Waals surface area (Å²) in [5.41, 5.74) is 4.09. The molecule has 230 valence electrons. The summed E-state index contributed by atoms with van der Waals surface area (Å²) in [5, 5.41) is 17.2. The molecule has 45 heavy (non-hydrogen) atoms. The average Bonchev–Trinajstić information content (AvgIpc) is 3.47. The third-order valence-electron chi connectivity index (χ3n) is 7.93. The van der Waals surface area contributed by atoms with Crippen LogP contribution in [0.5, 0.6) is 11.5 Å². The summed E-state index contributed by atoms with van der Waals surface area (Å²) in [6.07, 6.45) is 2.62. The zero-order valence-corrected chi connectivity index (χ0v) is 27.3. The molecular formula is C33H30ClN5O4S2. The molecule has 2 aliphatic rings. The van der Waals surface area contributed by atoms with Crippen molar-refractivity contribution in [2.75, 3.05) is 35.9 Å². The highest BCUT2D eigenvalue weighted by Gasteiger charge is 2.39. The Morgan fingerprint density at radius 1 is 1.04 bits per heavy atom. The number of nitrogens with one attached hydrogen (secondary N) is 1. The van der Waals surface area contributed by atoms with Gasteiger partial charge in [-0.2, -0.15) is 10.4 Å². The molecule has 3 aromatic carbocycles. The number of nitrogens with zero attached hydrogens (tertiary/aromatic N) is 4. The number of rotatable bonds is 7. The number of methoxy groups -OCH3 is 2. The van der Waals surface area contributed by atoms with E-state index in [4.69, 9.17) is 21.1 Å². The lowest BCUT2D eigenvalue weighted by atomic mass is 10.0. The van der Waals surface area contributed by atoms with Gasteiger partial charge in [-0.3, -0.25) is 14.3 Å². The second-order valence-corrected chi connectivity index (χ2v) is 13.9. The maximum Gasteiger partial charge on any atom is 0.279 e. The fraction of sp³-hybridized carbons (Fsp3) is 0.273. The predicted molar refractivity (Wildman–Crippen MR) is 179 cm³/mol. The maximum absolute atomic E-state index is 14.0. The number of nitriles is 1. The monoisotopic (exact) mass is 659 g/mol. The van der Waals surface area contributed by atoms with Gasteiger partial charge in [-0.15, -0.1) is 23.5 Å². The van der Waals surface area contributed by atoms with Crippen LogP contribution in [0.25, 0.3) is 0 Å². The van der Waals surface area contributed by atoms with Crippen molar-refractivity contribution in [1.29, 1.82) is 5.26 Å². The molecule has 0 radical (unpaired) electrons. The minimum atomic E-state index is -0.459. The Kier molecular flexibility index (Phi) is 8.73. The van der Waals surface area contributed by atoms with Crippen molar-refractivity contribution < 1.29 is 19.1 Å². The Bertz CT molecular complexity index is 1810. The van der Waals surface area contributed by atoms with Gasteiger partial charge in [0.25, 0.3) is 11.8 Å². The van der Waals surface area contributed by atoms with Gasteiger partial charge in [0.1, 0.15) is 27.3 Å². The van der Waals surface area contributed by atoms with E-state index in [0.29, 0.717) is 34.4 Å². The molecule has 1 unspecified atom stereocenters. The Labute approximate surface area is 274 Å². The molecular weight excluding hydrogens is 630 g/mol. The van der Waals surface area contributed by atoms with E-state index in [0.717, 1.165) is 34.7 Å². The molecule has 1 saturated heterocycles. The van der Waals surface area contributed by atoms with E-state index >= 15 is 0 Å². The molecule has 1 aromatic heterocycles. The summed E-state index contributed by atoms with van der Waals surface area (Å²) < 4.78 is 12.0. The van der Waals surface area contributed by atoms with Crippen molar-refractivity contribution in [1.82, 2.24) is 9.78 Å². The van der Waals surface area contributed by atoms with Crippen LogP contribution in [0.1, 0.15) is 50.9 Å². The lowest BCUT2D eigenvalue weighted by molar-refractivity contribution is 0.0948. The highest BCUT2D eigenvalue weighted by atomic mass is 35.5. The van der Waals surface area contributed by atoms with Gasteiger partial charge in [-0.05, 0) is 78.4 Å². The van der Waals surface area contributed by atoms with Crippen molar-refractivity contribution in [3.05, 3.63) is 99.8 Å². The molecule has 1 atom stereocenters. The van der Waals surface area contributed by atoms with E-state index in [-0.39, 0.29) is 27.2 Å². The third-order valence-corrected chi connectivity index (χ3v) is 11.7. The number of thioether (sulfide) groups is 2. The highest BCUT2D eigenvalue weighted by Crippen LogP contribution is 2.55. The van der Waals surface area contributed by atoms with Crippen molar-refractivity contribution in [2.45, 2.75) is 30.0 Å². The quantitative estimate of drug-likeness (QED) is 0.231. The summed E-state index contributed by atoms with van der Waals surface area (Å²) in [4.78, 5) is 28.9.